The Labute approximate surface area is 180 Å². The predicted octanol–water partition coefficient (Wildman–Crippen LogP) is 1.43. The van der Waals surface area contributed by atoms with Gasteiger partial charge in [0.15, 0.2) is 5.96 Å². The fraction of sp³-hybridized carbons (Fsp3) is 0.600. The molecule has 1 aliphatic heterocycles. The summed E-state index contributed by atoms with van der Waals surface area (Å²) < 4.78 is 47.3. The van der Waals surface area contributed by atoms with Gasteiger partial charge in [-0.05, 0) is 19.0 Å². The Balaban J connectivity index is 1.96. The lowest BCUT2D eigenvalue weighted by molar-refractivity contribution is -0.274. The number of rotatable bonds is 9. The molecule has 0 unspecified atom stereocenters. The molecule has 174 valence electrons. The second kappa shape index (κ2) is 12.4. The number of carbonyl (C=O) groups excluding carboxylic acids is 1. The minimum Gasteiger partial charge on any atom is -0.405 e. The van der Waals surface area contributed by atoms with Gasteiger partial charge in [0.25, 0.3) is 0 Å². The van der Waals surface area contributed by atoms with E-state index in [0.717, 1.165) is 39.3 Å². The van der Waals surface area contributed by atoms with Gasteiger partial charge in [-0.2, -0.15) is 0 Å². The Bertz CT molecular complexity index is 722. The molecule has 1 aromatic carbocycles. The first-order valence-electron chi connectivity index (χ1n) is 10.1. The zero-order valence-electron chi connectivity index (χ0n) is 17.9. The van der Waals surface area contributed by atoms with Gasteiger partial charge in [-0.25, -0.2) is 4.99 Å². The number of hydrogen-bond acceptors (Lipinski definition) is 5. The molecule has 2 rings (SSSR count). The summed E-state index contributed by atoms with van der Waals surface area (Å²) in [5, 5.41) is 6.07. The quantitative estimate of drug-likeness (QED) is 0.340. The van der Waals surface area contributed by atoms with Crippen molar-refractivity contribution in [1.82, 2.24) is 20.4 Å². The summed E-state index contributed by atoms with van der Waals surface area (Å²) in [6.07, 6.45) is -3.94. The van der Waals surface area contributed by atoms with Crippen LogP contribution < -0.4 is 15.4 Å². The van der Waals surface area contributed by atoms with Crippen LogP contribution >= 0.6 is 0 Å². The maximum atomic E-state index is 12.6. The summed E-state index contributed by atoms with van der Waals surface area (Å²) in [7, 11) is 3.28. The zero-order valence-corrected chi connectivity index (χ0v) is 17.9. The van der Waals surface area contributed by atoms with Crippen LogP contribution in [-0.4, -0.2) is 88.1 Å². The Morgan fingerprint density at radius 2 is 1.94 bits per heavy atom. The van der Waals surface area contributed by atoms with Crippen LogP contribution in [0.4, 0.5) is 13.2 Å². The SMILES string of the molecule is CN(C)C(=O)CNC(=NCc1ccccc1OC(F)(F)F)NCCCN1CCOCC1. The normalized spacial score (nSPS) is 15.5. The summed E-state index contributed by atoms with van der Waals surface area (Å²) in [4.78, 5) is 20.0. The van der Waals surface area contributed by atoms with Crippen molar-refractivity contribution < 1.29 is 27.4 Å². The molecule has 31 heavy (non-hydrogen) atoms. The maximum absolute atomic E-state index is 12.6. The Hall–Kier alpha value is -2.53. The van der Waals surface area contributed by atoms with Crippen molar-refractivity contribution in [3.05, 3.63) is 29.8 Å². The number of carbonyl (C=O) groups is 1. The predicted molar refractivity (Wildman–Crippen MR) is 111 cm³/mol. The average molecular weight is 445 g/mol. The van der Waals surface area contributed by atoms with Crippen LogP contribution in [0.2, 0.25) is 0 Å². The molecule has 0 bridgehead atoms. The van der Waals surface area contributed by atoms with E-state index in [9.17, 15) is 18.0 Å². The van der Waals surface area contributed by atoms with E-state index in [-0.39, 0.29) is 30.3 Å². The molecule has 1 saturated heterocycles. The summed E-state index contributed by atoms with van der Waals surface area (Å²) in [5.74, 6) is -0.0996. The smallest absolute Gasteiger partial charge is 0.405 e. The fourth-order valence-corrected chi connectivity index (χ4v) is 2.85. The lowest BCUT2D eigenvalue weighted by Crippen LogP contribution is -2.44. The molecule has 1 heterocycles. The molecule has 11 heteroatoms. The molecule has 0 atom stereocenters. The van der Waals surface area contributed by atoms with Crippen LogP contribution in [-0.2, 0) is 16.1 Å². The number of benzene rings is 1. The molecule has 1 aromatic rings. The highest BCUT2D eigenvalue weighted by atomic mass is 19.4. The lowest BCUT2D eigenvalue weighted by atomic mass is 10.2. The molecule has 8 nitrogen and oxygen atoms in total. The van der Waals surface area contributed by atoms with E-state index in [2.05, 4.69) is 25.3 Å². The van der Waals surface area contributed by atoms with Gasteiger partial charge in [-0.15, -0.1) is 13.2 Å². The molecule has 1 amide bonds. The van der Waals surface area contributed by atoms with Crippen molar-refractivity contribution in [2.75, 3.05) is 60.0 Å². The number of ether oxygens (including phenoxy) is 2. The topological polar surface area (TPSA) is 78.4 Å². The minimum absolute atomic E-state index is 0.0169. The number of nitrogens with zero attached hydrogens (tertiary/aromatic N) is 3. The number of halogens is 3. The minimum atomic E-state index is -4.78. The van der Waals surface area contributed by atoms with Crippen LogP contribution in [0, 0.1) is 0 Å². The molecule has 1 fully saturated rings. The van der Waals surface area contributed by atoms with E-state index >= 15 is 0 Å². The number of hydrogen-bond donors (Lipinski definition) is 2. The van der Waals surface area contributed by atoms with Gasteiger partial charge < -0.3 is 25.0 Å². The Morgan fingerprint density at radius 1 is 1.23 bits per heavy atom. The van der Waals surface area contributed by atoms with Crippen molar-refractivity contribution in [3.8, 4) is 5.75 Å². The van der Waals surface area contributed by atoms with Crippen LogP contribution in [0.1, 0.15) is 12.0 Å². The Kier molecular flexibility index (Phi) is 9.86. The molecule has 0 spiro atoms. The molecule has 0 aromatic heterocycles. The number of guanidine groups is 1. The van der Waals surface area contributed by atoms with Crippen LogP contribution in [0.3, 0.4) is 0 Å². The summed E-state index contributed by atoms with van der Waals surface area (Å²) in [6, 6.07) is 5.85. The molecular formula is C20H30F3N5O3. The number of morpholine rings is 1. The third-order valence-electron chi connectivity index (χ3n) is 4.56. The first-order valence-corrected chi connectivity index (χ1v) is 10.1. The fourth-order valence-electron chi connectivity index (χ4n) is 2.85. The molecule has 2 N–H and O–H groups in total. The third kappa shape index (κ3) is 9.88. The van der Waals surface area contributed by atoms with Crippen LogP contribution in [0.25, 0.3) is 0 Å². The van der Waals surface area contributed by atoms with Gasteiger partial charge in [-0.1, -0.05) is 18.2 Å². The van der Waals surface area contributed by atoms with Gasteiger partial charge in [0.05, 0.1) is 26.3 Å². The van der Waals surface area contributed by atoms with E-state index in [1.807, 2.05) is 0 Å². The highest BCUT2D eigenvalue weighted by Gasteiger charge is 2.31. The van der Waals surface area contributed by atoms with Crippen molar-refractivity contribution in [1.29, 1.82) is 0 Å². The van der Waals surface area contributed by atoms with Gasteiger partial charge in [0.2, 0.25) is 5.91 Å². The Morgan fingerprint density at radius 3 is 2.61 bits per heavy atom. The second-order valence-corrected chi connectivity index (χ2v) is 7.20. The van der Waals surface area contributed by atoms with E-state index in [4.69, 9.17) is 4.74 Å². The number of alkyl halides is 3. The largest absolute Gasteiger partial charge is 0.573 e. The van der Waals surface area contributed by atoms with Crippen molar-refractivity contribution in [3.63, 3.8) is 0 Å². The van der Waals surface area contributed by atoms with Crippen LogP contribution in [0.15, 0.2) is 29.3 Å². The van der Waals surface area contributed by atoms with Crippen molar-refractivity contribution >= 4 is 11.9 Å². The highest BCUT2D eigenvalue weighted by Crippen LogP contribution is 2.26. The maximum Gasteiger partial charge on any atom is 0.573 e. The van der Waals surface area contributed by atoms with Gasteiger partial charge in [-0.3, -0.25) is 9.69 Å². The van der Waals surface area contributed by atoms with Gasteiger partial charge in [0, 0.05) is 39.3 Å². The second-order valence-electron chi connectivity index (χ2n) is 7.20. The number of amides is 1. The molecule has 0 radical (unpaired) electrons. The summed E-state index contributed by atoms with van der Waals surface area (Å²) in [5.41, 5.74) is 0.285. The van der Waals surface area contributed by atoms with Crippen molar-refractivity contribution in [2.45, 2.75) is 19.3 Å². The van der Waals surface area contributed by atoms with Crippen LogP contribution in [0.5, 0.6) is 5.75 Å². The number of likely N-dealkylation sites (N-methyl/N-ethyl adjacent to an activating group) is 1. The standard InChI is InChI=1S/C20H30F3N5O3/c1-27(2)18(29)15-26-19(24-8-5-9-28-10-12-30-13-11-28)25-14-16-6-3-4-7-17(16)31-20(21,22)23/h3-4,6-7H,5,8-15H2,1-2H3,(H2,24,25,26). The van der Waals surface area contributed by atoms with Gasteiger partial charge >= 0.3 is 6.36 Å². The first kappa shape index (κ1) is 24.7. The molecular weight excluding hydrogens is 415 g/mol. The van der Waals surface area contributed by atoms with E-state index in [1.54, 1.807) is 20.2 Å². The average Bonchev–Trinajstić information content (AvgIpc) is 2.72. The molecule has 1 aliphatic rings. The molecule has 0 aliphatic carbocycles. The monoisotopic (exact) mass is 445 g/mol. The van der Waals surface area contributed by atoms with E-state index < -0.39 is 6.36 Å². The summed E-state index contributed by atoms with van der Waals surface area (Å²) >= 11 is 0. The van der Waals surface area contributed by atoms with E-state index in [0.29, 0.717) is 12.5 Å². The number of aliphatic imine (C=N–C) groups is 1. The zero-order chi connectivity index (χ0) is 22.7. The van der Waals surface area contributed by atoms with E-state index in [1.165, 1.54) is 23.1 Å². The number of para-hydroxylation sites is 1. The lowest BCUT2D eigenvalue weighted by Gasteiger charge is -2.26. The number of nitrogens with one attached hydrogen (secondary N) is 2. The van der Waals surface area contributed by atoms with Crippen molar-refractivity contribution in [2.24, 2.45) is 4.99 Å². The first-order chi connectivity index (χ1) is 14.7. The highest BCUT2D eigenvalue weighted by molar-refractivity contribution is 5.86. The molecule has 0 saturated carbocycles. The summed E-state index contributed by atoms with van der Waals surface area (Å²) in [6.45, 7) is 4.72. The van der Waals surface area contributed by atoms with Gasteiger partial charge in [0.1, 0.15) is 5.75 Å². The third-order valence-corrected chi connectivity index (χ3v) is 4.56.